The van der Waals surface area contributed by atoms with Crippen molar-refractivity contribution in [3.8, 4) is 5.69 Å². The van der Waals surface area contributed by atoms with Crippen molar-refractivity contribution in [2.24, 2.45) is 4.99 Å². The maximum Gasteiger partial charge on any atom is 0.190 e. The molecule has 0 aliphatic heterocycles. The summed E-state index contributed by atoms with van der Waals surface area (Å²) in [7, 11) is 3.46. The molecule has 1 aromatic carbocycles. The van der Waals surface area contributed by atoms with Crippen LogP contribution in [0.15, 0.2) is 41.9 Å². The summed E-state index contributed by atoms with van der Waals surface area (Å²) in [6, 6.07) is 5.11. The number of nitrogens with one attached hydrogen (secondary N) is 2. The van der Waals surface area contributed by atoms with Gasteiger partial charge in [-0.05, 0) is 17.7 Å². The second kappa shape index (κ2) is 7.83. The van der Waals surface area contributed by atoms with E-state index in [2.05, 4.69) is 20.6 Å². The average Bonchev–Trinajstić information content (AvgIpc) is 2.94. The van der Waals surface area contributed by atoms with E-state index in [1.54, 1.807) is 43.4 Å². The number of aliphatic imine (C=N–C) groups is 1. The number of halogens is 2. The third kappa shape index (κ3) is 3.92. The van der Waals surface area contributed by atoms with Crippen LogP contribution in [0.5, 0.6) is 0 Å². The first kappa shape index (κ1) is 16.4. The smallest absolute Gasteiger partial charge is 0.190 e. The molecule has 0 atom stereocenters. The minimum Gasteiger partial charge on any atom is -0.359 e. The van der Waals surface area contributed by atoms with Crippen LogP contribution >= 0.6 is 24.0 Å². The van der Waals surface area contributed by atoms with Crippen molar-refractivity contribution in [3.63, 3.8) is 0 Å². The fraction of sp³-hybridized carbons (Fsp3) is 0.231. The Kier molecular flexibility index (Phi) is 6.43. The monoisotopic (exact) mass is 389 g/mol. The molecule has 108 valence electrons. The third-order valence-electron chi connectivity index (χ3n) is 2.72. The highest BCUT2D eigenvalue weighted by molar-refractivity contribution is 14.0. The van der Waals surface area contributed by atoms with Crippen molar-refractivity contribution in [2.45, 2.75) is 6.54 Å². The summed E-state index contributed by atoms with van der Waals surface area (Å²) in [5, 5.41) is 5.97. The van der Waals surface area contributed by atoms with Gasteiger partial charge in [-0.25, -0.2) is 9.37 Å². The SMILES string of the molecule is CN=C(NC)NCc1ccc(-n2ccnc2)c(F)c1.I. The van der Waals surface area contributed by atoms with Gasteiger partial charge >= 0.3 is 0 Å². The quantitative estimate of drug-likeness (QED) is 0.479. The van der Waals surface area contributed by atoms with E-state index in [-0.39, 0.29) is 29.8 Å². The summed E-state index contributed by atoms with van der Waals surface area (Å²) in [5.41, 5.74) is 1.33. The van der Waals surface area contributed by atoms with E-state index in [4.69, 9.17) is 0 Å². The molecule has 1 heterocycles. The van der Waals surface area contributed by atoms with E-state index in [0.717, 1.165) is 5.56 Å². The van der Waals surface area contributed by atoms with Crippen molar-refractivity contribution in [1.29, 1.82) is 0 Å². The molecule has 0 aliphatic carbocycles. The van der Waals surface area contributed by atoms with Gasteiger partial charge in [-0.3, -0.25) is 4.99 Å². The van der Waals surface area contributed by atoms with Crippen LogP contribution in [-0.4, -0.2) is 29.6 Å². The summed E-state index contributed by atoms with van der Waals surface area (Å²) >= 11 is 0. The van der Waals surface area contributed by atoms with Crippen LogP contribution in [0.2, 0.25) is 0 Å². The zero-order chi connectivity index (χ0) is 13.7. The van der Waals surface area contributed by atoms with Gasteiger partial charge in [-0.15, -0.1) is 24.0 Å². The molecule has 0 unspecified atom stereocenters. The van der Waals surface area contributed by atoms with Crippen LogP contribution in [0, 0.1) is 5.82 Å². The molecular formula is C13H17FIN5. The van der Waals surface area contributed by atoms with E-state index in [0.29, 0.717) is 18.2 Å². The molecule has 0 fully saturated rings. The zero-order valence-corrected chi connectivity index (χ0v) is 13.6. The van der Waals surface area contributed by atoms with E-state index in [1.165, 1.54) is 6.07 Å². The fourth-order valence-corrected chi connectivity index (χ4v) is 1.74. The molecule has 0 radical (unpaired) electrons. The summed E-state index contributed by atoms with van der Waals surface area (Å²) in [5.74, 6) is 0.385. The van der Waals surface area contributed by atoms with Gasteiger partial charge in [0, 0.05) is 33.0 Å². The molecule has 0 spiro atoms. The fourth-order valence-electron chi connectivity index (χ4n) is 1.74. The Morgan fingerprint density at radius 2 is 2.25 bits per heavy atom. The van der Waals surface area contributed by atoms with Crippen molar-refractivity contribution < 1.29 is 4.39 Å². The highest BCUT2D eigenvalue weighted by atomic mass is 127. The molecule has 2 rings (SSSR count). The van der Waals surface area contributed by atoms with Gasteiger partial charge in [-0.1, -0.05) is 6.07 Å². The molecular weight excluding hydrogens is 372 g/mol. The first-order valence-corrected chi connectivity index (χ1v) is 5.89. The standard InChI is InChI=1S/C13H16FN5.HI/c1-15-13(16-2)18-8-10-3-4-12(11(14)7-10)19-6-5-17-9-19;/h3-7,9H,8H2,1-2H3,(H2,15,16,18);1H. The molecule has 5 nitrogen and oxygen atoms in total. The van der Waals surface area contributed by atoms with Crippen LogP contribution < -0.4 is 10.6 Å². The lowest BCUT2D eigenvalue weighted by Gasteiger charge is -2.10. The molecule has 2 aromatic rings. The Labute approximate surface area is 134 Å². The molecule has 0 bridgehead atoms. The average molecular weight is 389 g/mol. The molecule has 0 saturated heterocycles. The van der Waals surface area contributed by atoms with E-state index >= 15 is 0 Å². The lowest BCUT2D eigenvalue weighted by atomic mass is 10.2. The third-order valence-corrected chi connectivity index (χ3v) is 2.72. The van der Waals surface area contributed by atoms with Crippen LogP contribution in [0.1, 0.15) is 5.56 Å². The maximum absolute atomic E-state index is 14.0. The summed E-state index contributed by atoms with van der Waals surface area (Å²) in [6.07, 6.45) is 4.89. The normalized spacial score (nSPS) is 10.8. The Morgan fingerprint density at radius 1 is 1.45 bits per heavy atom. The topological polar surface area (TPSA) is 54.2 Å². The van der Waals surface area contributed by atoms with Crippen LogP contribution in [-0.2, 0) is 6.54 Å². The summed E-state index contributed by atoms with van der Waals surface area (Å²) in [6.45, 7) is 0.509. The molecule has 7 heteroatoms. The number of benzene rings is 1. The maximum atomic E-state index is 14.0. The number of hydrogen-bond donors (Lipinski definition) is 2. The molecule has 1 aromatic heterocycles. The second-order valence-electron chi connectivity index (χ2n) is 3.93. The van der Waals surface area contributed by atoms with E-state index < -0.39 is 0 Å². The van der Waals surface area contributed by atoms with Crippen LogP contribution in [0.3, 0.4) is 0 Å². The first-order valence-electron chi connectivity index (χ1n) is 5.89. The van der Waals surface area contributed by atoms with Crippen LogP contribution in [0.25, 0.3) is 5.69 Å². The Balaban J connectivity index is 0.00000200. The van der Waals surface area contributed by atoms with E-state index in [9.17, 15) is 4.39 Å². The molecule has 0 aliphatic rings. The lowest BCUT2D eigenvalue weighted by Crippen LogP contribution is -2.34. The number of nitrogens with zero attached hydrogens (tertiary/aromatic N) is 3. The molecule has 0 saturated carbocycles. The summed E-state index contributed by atoms with van der Waals surface area (Å²) < 4.78 is 15.6. The van der Waals surface area contributed by atoms with Gasteiger partial charge in [0.25, 0.3) is 0 Å². The second-order valence-corrected chi connectivity index (χ2v) is 3.93. The predicted octanol–water partition coefficient (Wildman–Crippen LogP) is 1.92. The minimum absolute atomic E-state index is 0. The highest BCUT2D eigenvalue weighted by Gasteiger charge is 2.05. The van der Waals surface area contributed by atoms with Crippen molar-refractivity contribution in [1.82, 2.24) is 20.2 Å². The molecule has 20 heavy (non-hydrogen) atoms. The van der Waals surface area contributed by atoms with Gasteiger partial charge in [0.1, 0.15) is 5.82 Å². The van der Waals surface area contributed by atoms with Gasteiger partial charge in [-0.2, -0.15) is 0 Å². The lowest BCUT2D eigenvalue weighted by molar-refractivity contribution is 0.615. The van der Waals surface area contributed by atoms with Gasteiger partial charge in [0.15, 0.2) is 5.96 Å². The molecule has 2 N–H and O–H groups in total. The van der Waals surface area contributed by atoms with Crippen molar-refractivity contribution >= 4 is 29.9 Å². The highest BCUT2D eigenvalue weighted by Crippen LogP contribution is 2.14. The van der Waals surface area contributed by atoms with Crippen LogP contribution in [0.4, 0.5) is 4.39 Å². The van der Waals surface area contributed by atoms with Crippen molar-refractivity contribution in [2.75, 3.05) is 14.1 Å². The predicted molar refractivity (Wildman–Crippen MR) is 88.2 cm³/mol. The summed E-state index contributed by atoms with van der Waals surface area (Å²) in [4.78, 5) is 7.89. The Hall–Kier alpha value is -1.64. The van der Waals surface area contributed by atoms with Gasteiger partial charge in [0.2, 0.25) is 0 Å². The number of hydrogen-bond acceptors (Lipinski definition) is 2. The Morgan fingerprint density at radius 3 is 2.80 bits per heavy atom. The Bertz CT molecular complexity index is 568. The van der Waals surface area contributed by atoms with Gasteiger partial charge < -0.3 is 15.2 Å². The number of guanidine groups is 1. The first-order chi connectivity index (χ1) is 9.24. The van der Waals surface area contributed by atoms with E-state index in [1.807, 2.05) is 6.07 Å². The number of aromatic nitrogens is 2. The minimum atomic E-state index is -0.281. The largest absolute Gasteiger partial charge is 0.359 e. The number of imidazole rings is 1. The van der Waals surface area contributed by atoms with Gasteiger partial charge in [0.05, 0.1) is 12.0 Å². The van der Waals surface area contributed by atoms with Crippen molar-refractivity contribution in [3.05, 3.63) is 48.3 Å². The molecule has 0 amide bonds. The zero-order valence-electron chi connectivity index (χ0n) is 11.3. The number of rotatable bonds is 3.